The fourth-order valence-corrected chi connectivity index (χ4v) is 1.89. The van der Waals surface area contributed by atoms with Gasteiger partial charge in [0.05, 0.1) is 0 Å². The van der Waals surface area contributed by atoms with Gasteiger partial charge in [-0.15, -0.1) is 0 Å². The monoisotopic (exact) mass is 326 g/mol. The van der Waals surface area contributed by atoms with Gasteiger partial charge < -0.3 is 5.11 Å². The van der Waals surface area contributed by atoms with Crippen LogP contribution in [0.3, 0.4) is 0 Å². The van der Waals surface area contributed by atoms with Crippen LogP contribution in [0.1, 0.15) is 5.56 Å². The number of hydrogen-bond donors (Lipinski definition) is 1. The smallest absolute Gasteiger partial charge is 0.454 e. The largest absolute Gasteiger partial charge is 0.507 e. The van der Waals surface area contributed by atoms with E-state index in [4.69, 9.17) is 11.6 Å². The van der Waals surface area contributed by atoms with Crippen LogP contribution in [-0.2, 0) is 4.79 Å². The molecule has 0 aliphatic carbocycles. The summed E-state index contributed by atoms with van der Waals surface area (Å²) in [4.78, 5) is 10.8. The Labute approximate surface area is 129 Å². The first-order valence-corrected chi connectivity index (χ1v) is 6.53. The molecule has 1 N–H and O–H groups in total. The number of aliphatic hydroxyl groups is 1. The first kappa shape index (κ1) is 16.1. The summed E-state index contributed by atoms with van der Waals surface area (Å²) in [5.41, 5.74) is 1.79. The van der Waals surface area contributed by atoms with E-state index in [1.165, 1.54) is 12.1 Å². The summed E-state index contributed by atoms with van der Waals surface area (Å²) in [5, 5.41) is 10.2. The van der Waals surface area contributed by atoms with Gasteiger partial charge in [-0.1, -0.05) is 48.0 Å². The van der Waals surface area contributed by atoms with Crippen molar-refractivity contribution in [2.75, 3.05) is 0 Å². The quantitative estimate of drug-likeness (QED) is 0.634. The molecule has 2 aromatic carbocycles. The van der Waals surface area contributed by atoms with E-state index in [-0.39, 0.29) is 11.6 Å². The predicted molar refractivity (Wildman–Crippen MR) is 78.6 cm³/mol. The molecule has 0 fully saturated rings. The van der Waals surface area contributed by atoms with Crippen LogP contribution in [0.25, 0.3) is 16.9 Å². The lowest BCUT2D eigenvalue weighted by molar-refractivity contribution is -0.165. The van der Waals surface area contributed by atoms with Crippen molar-refractivity contribution in [3.63, 3.8) is 0 Å². The lowest BCUT2D eigenvalue weighted by atomic mass is 10.0. The van der Waals surface area contributed by atoms with Gasteiger partial charge in [0.2, 0.25) is 0 Å². The second-order valence-electron chi connectivity index (χ2n) is 4.48. The molecule has 0 atom stereocenters. The Hall–Kier alpha value is -2.27. The minimum absolute atomic E-state index is 0.121. The average Bonchev–Trinajstić information content (AvgIpc) is 2.47. The van der Waals surface area contributed by atoms with Gasteiger partial charge in [0.15, 0.2) is 0 Å². The molecule has 0 spiro atoms. The molecule has 114 valence electrons. The molecule has 0 bridgehead atoms. The predicted octanol–water partition coefficient (Wildman–Crippen LogP) is 5.04. The van der Waals surface area contributed by atoms with Crippen molar-refractivity contribution in [3.8, 4) is 11.1 Å². The number of benzene rings is 2. The van der Waals surface area contributed by atoms with Crippen molar-refractivity contribution in [1.29, 1.82) is 0 Å². The van der Waals surface area contributed by atoms with Crippen LogP contribution < -0.4 is 0 Å². The van der Waals surface area contributed by atoms with Crippen molar-refractivity contribution in [2.45, 2.75) is 6.18 Å². The van der Waals surface area contributed by atoms with Gasteiger partial charge in [-0.25, -0.2) is 0 Å². The average molecular weight is 327 g/mol. The zero-order chi connectivity index (χ0) is 16.3. The van der Waals surface area contributed by atoms with Gasteiger partial charge in [0.25, 0.3) is 5.78 Å². The molecule has 0 aliphatic heterocycles. The minimum atomic E-state index is -5.00. The van der Waals surface area contributed by atoms with Crippen molar-refractivity contribution in [1.82, 2.24) is 0 Å². The number of alkyl halides is 3. The molecular weight excluding hydrogens is 317 g/mol. The molecule has 2 rings (SSSR count). The van der Waals surface area contributed by atoms with E-state index in [9.17, 15) is 23.1 Å². The van der Waals surface area contributed by atoms with Crippen LogP contribution in [0.4, 0.5) is 13.2 Å². The summed E-state index contributed by atoms with van der Waals surface area (Å²) in [6, 6.07) is 13.1. The number of carbonyl (C=O) groups excluding carboxylic acids is 1. The summed E-state index contributed by atoms with van der Waals surface area (Å²) in [5.74, 6) is -2.84. The second-order valence-corrected chi connectivity index (χ2v) is 4.91. The fourth-order valence-electron chi connectivity index (χ4n) is 1.77. The Morgan fingerprint density at radius 2 is 1.41 bits per heavy atom. The molecule has 0 saturated carbocycles. The van der Waals surface area contributed by atoms with Gasteiger partial charge in [0, 0.05) is 16.7 Å². The maximum atomic E-state index is 12.1. The normalized spacial score (nSPS) is 12.3. The lowest BCUT2D eigenvalue weighted by Gasteiger charge is -2.05. The zero-order valence-corrected chi connectivity index (χ0v) is 11.8. The topological polar surface area (TPSA) is 37.3 Å². The third kappa shape index (κ3) is 3.89. The molecule has 0 saturated heterocycles. The highest BCUT2D eigenvalue weighted by Crippen LogP contribution is 2.24. The van der Waals surface area contributed by atoms with E-state index in [0.717, 1.165) is 11.1 Å². The molecular formula is C16H10ClF3O2. The Bertz CT molecular complexity index is 702. The summed E-state index contributed by atoms with van der Waals surface area (Å²) in [6.07, 6.45) is -4.84. The molecule has 2 nitrogen and oxygen atoms in total. The standard InChI is InChI=1S/C16H10ClF3O2/c17-13-7-5-11(6-8-13)10-1-3-12(4-2-10)14(21)9-15(22)16(18,19)20/h1-9,21H. The van der Waals surface area contributed by atoms with Gasteiger partial charge in [0.1, 0.15) is 5.76 Å². The van der Waals surface area contributed by atoms with Crippen molar-refractivity contribution < 1.29 is 23.1 Å². The van der Waals surface area contributed by atoms with Crippen molar-refractivity contribution in [3.05, 3.63) is 65.2 Å². The zero-order valence-electron chi connectivity index (χ0n) is 11.1. The van der Waals surface area contributed by atoms with Gasteiger partial charge in [-0.05, 0) is 23.3 Å². The lowest BCUT2D eigenvalue weighted by Crippen LogP contribution is -2.20. The van der Waals surface area contributed by atoms with Crippen molar-refractivity contribution >= 4 is 23.1 Å². The Morgan fingerprint density at radius 3 is 1.86 bits per heavy atom. The van der Waals surface area contributed by atoms with Crippen LogP contribution in [-0.4, -0.2) is 17.1 Å². The maximum Gasteiger partial charge on any atom is 0.454 e. The van der Waals surface area contributed by atoms with E-state index in [2.05, 4.69) is 0 Å². The highest BCUT2D eigenvalue weighted by Gasteiger charge is 2.36. The summed E-state index contributed by atoms with van der Waals surface area (Å²) in [7, 11) is 0. The molecule has 0 radical (unpaired) electrons. The maximum absolute atomic E-state index is 12.1. The molecule has 0 amide bonds. The number of aliphatic hydroxyl groups excluding tert-OH is 1. The third-order valence-corrected chi connectivity index (χ3v) is 3.16. The van der Waals surface area contributed by atoms with Crippen LogP contribution in [0.2, 0.25) is 5.02 Å². The summed E-state index contributed by atoms with van der Waals surface area (Å²) < 4.78 is 36.4. The van der Waals surface area contributed by atoms with Gasteiger partial charge >= 0.3 is 6.18 Å². The summed E-state index contributed by atoms with van der Waals surface area (Å²) >= 11 is 5.79. The molecule has 6 heteroatoms. The van der Waals surface area contributed by atoms with E-state index in [0.29, 0.717) is 5.02 Å². The number of hydrogen-bond acceptors (Lipinski definition) is 2. The van der Waals surface area contributed by atoms with E-state index < -0.39 is 17.7 Å². The molecule has 0 aliphatic rings. The van der Waals surface area contributed by atoms with Crippen LogP contribution >= 0.6 is 11.6 Å². The molecule has 22 heavy (non-hydrogen) atoms. The Kier molecular flexibility index (Phi) is 4.56. The molecule has 0 aromatic heterocycles. The summed E-state index contributed by atoms with van der Waals surface area (Å²) in [6.45, 7) is 0. The SMILES string of the molecule is O=C(C=C(O)c1ccc(-c2ccc(Cl)cc2)cc1)C(F)(F)F. The number of allylic oxidation sites excluding steroid dienone is 1. The highest BCUT2D eigenvalue weighted by atomic mass is 35.5. The van der Waals surface area contributed by atoms with Crippen LogP contribution in [0, 0.1) is 0 Å². The number of rotatable bonds is 3. The second kappa shape index (κ2) is 6.23. The van der Waals surface area contributed by atoms with Crippen LogP contribution in [0.15, 0.2) is 54.6 Å². The van der Waals surface area contributed by atoms with Crippen molar-refractivity contribution in [2.24, 2.45) is 0 Å². The first-order valence-electron chi connectivity index (χ1n) is 6.15. The highest BCUT2D eigenvalue weighted by molar-refractivity contribution is 6.30. The number of halogens is 4. The molecule has 2 aromatic rings. The third-order valence-electron chi connectivity index (χ3n) is 2.91. The van der Waals surface area contributed by atoms with Gasteiger partial charge in [-0.2, -0.15) is 13.2 Å². The fraction of sp³-hybridized carbons (Fsp3) is 0.0625. The first-order chi connectivity index (χ1) is 10.3. The van der Waals surface area contributed by atoms with E-state index >= 15 is 0 Å². The number of ketones is 1. The molecule has 0 unspecified atom stereocenters. The Morgan fingerprint density at radius 1 is 0.955 bits per heavy atom. The van der Waals surface area contributed by atoms with Crippen LogP contribution in [0.5, 0.6) is 0 Å². The van der Waals surface area contributed by atoms with Gasteiger partial charge in [-0.3, -0.25) is 4.79 Å². The number of carbonyl (C=O) groups is 1. The van der Waals surface area contributed by atoms with E-state index in [1.54, 1.807) is 36.4 Å². The molecule has 0 heterocycles. The Balaban J connectivity index is 2.23. The van der Waals surface area contributed by atoms with E-state index in [1.807, 2.05) is 0 Å². The minimum Gasteiger partial charge on any atom is -0.507 e.